The van der Waals surface area contributed by atoms with Crippen molar-refractivity contribution < 1.29 is 8.42 Å². The maximum atomic E-state index is 12.7. The largest absolute Gasteiger partial charge is 0.262 e. The molecule has 1 heterocycles. The highest BCUT2D eigenvalue weighted by Gasteiger charge is 2.34. The maximum absolute atomic E-state index is 12.7. The molecule has 19 heavy (non-hydrogen) atoms. The van der Waals surface area contributed by atoms with Crippen molar-refractivity contribution in [3.8, 4) is 0 Å². The zero-order valence-corrected chi connectivity index (χ0v) is 14.4. The van der Waals surface area contributed by atoms with Gasteiger partial charge in [0.2, 0.25) is 10.0 Å². The van der Waals surface area contributed by atoms with E-state index in [4.69, 9.17) is 0 Å². The van der Waals surface area contributed by atoms with Crippen molar-refractivity contribution in [3.05, 3.63) is 22.9 Å². The molecule has 106 valence electrons. The Morgan fingerprint density at radius 1 is 1.37 bits per heavy atom. The van der Waals surface area contributed by atoms with Crippen LogP contribution in [-0.4, -0.2) is 35.6 Å². The van der Waals surface area contributed by atoms with E-state index in [1.807, 2.05) is 0 Å². The Bertz CT molecular complexity index is 532. The highest BCUT2D eigenvalue weighted by Crippen LogP contribution is 2.30. The number of rotatable bonds is 6. The van der Waals surface area contributed by atoms with Crippen LogP contribution in [0, 0.1) is 0 Å². The number of hydrogen-bond donors (Lipinski definition) is 0. The van der Waals surface area contributed by atoms with Crippen molar-refractivity contribution in [2.75, 3.05) is 11.9 Å². The predicted octanol–water partition coefficient (Wildman–Crippen LogP) is 3.17. The van der Waals surface area contributed by atoms with E-state index < -0.39 is 10.0 Å². The highest BCUT2D eigenvalue weighted by molar-refractivity contribution is 9.10. The third-order valence-electron chi connectivity index (χ3n) is 3.28. The summed E-state index contributed by atoms with van der Waals surface area (Å²) in [5, 5.41) is 0.808. The minimum Gasteiger partial charge on any atom is -0.262 e. The summed E-state index contributed by atoms with van der Waals surface area (Å²) in [5.74, 6) is 0. The van der Waals surface area contributed by atoms with E-state index in [1.165, 1.54) is 6.20 Å². The summed E-state index contributed by atoms with van der Waals surface area (Å²) in [6.45, 7) is 0.560. The van der Waals surface area contributed by atoms with Crippen molar-refractivity contribution in [2.24, 2.45) is 0 Å². The number of nitrogens with zero attached hydrogens (tertiary/aromatic N) is 2. The monoisotopic (exact) mass is 410 g/mol. The Morgan fingerprint density at radius 2 is 2.11 bits per heavy atom. The summed E-state index contributed by atoms with van der Waals surface area (Å²) >= 11 is 6.63. The first kappa shape index (κ1) is 15.4. The Morgan fingerprint density at radius 3 is 2.63 bits per heavy atom. The van der Waals surface area contributed by atoms with E-state index in [-0.39, 0.29) is 10.9 Å². The lowest BCUT2D eigenvalue weighted by molar-refractivity contribution is 0.220. The van der Waals surface area contributed by atoms with Crippen LogP contribution in [0.2, 0.25) is 0 Å². The third kappa shape index (κ3) is 3.56. The third-order valence-corrected chi connectivity index (χ3v) is 6.19. The molecule has 4 nitrogen and oxygen atoms in total. The molecule has 1 aliphatic carbocycles. The topological polar surface area (TPSA) is 50.3 Å². The summed E-state index contributed by atoms with van der Waals surface area (Å²) in [5.41, 5.74) is 0. The molecular weight excluding hydrogens is 396 g/mol. The summed E-state index contributed by atoms with van der Waals surface area (Å²) in [7, 11) is -3.44. The van der Waals surface area contributed by atoms with Crippen LogP contribution < -0.4 is 0 Å². The molecule has 1 aromatic heterocycles. The first-order chi connectivity index (χ1) is 9.05. The van der Waals surface area contributed by atoms with Gasteiger partial charge in [-0.3, -0.25) is 4.98 Å². The number of sulfonamides is 1. The van der Waals surface area contributed by atoms with Gasteiger partial charge in [0.1, 0.15) is 4.90 Å². The maximum Gasteiger partial charge on any atom is 0.244 e. The summed E-state index contributed by atoms with van der Waals surface area (Å²) in [6, 6.07) is 1.77. The van der Waals surface area contributed by atoms with Crippen molar-refractivity contribution in [3.63, 3.8) is 0 Å². The van der Waals surface area contributed by atoms with Gasteiger partial charge >= 0.3 is 0 Å². The molecule has 7 heteroatoms. The van der Waals surface area contributed by atoms with Crippen LogP contribution in [0.4, 0.5) is 0 Å². The van der Waals surface area contributed by atoms with Crippen LogP contribution in [0.15, 0.2) is 27.8 Å². The van der Waals surface area contributed by atoms with Gasteiger partial charge in [0.15, 0.2) is 0 Å². The minimum atomic E-state index is -3.44. The second-order valence-electron chi connectivity index (χ2n) is 4.58. The van der Waals surface area contributed by atoms with Gasteiger partial charge in [-0.2, -0.15) is 4.31 Å². The van der Waals surface area contributed by atoms with Gasteiger partial charge in [-0.1, -0.05) is 22.4 Å². The SMILES string of the molecule is O=S(=O)(c1cncc(Br)c1)N(CCCBr)C1CCC1. The molecule has 1 saturated carbocycles. The molecule has 0 N–H and O–H groups in total. The highest BCUT2D eigenvalue weighted by atomic mass is 79.9. The summed E-state index contributed by atoms with van der Waals surface area (Å²) in [4.78, 5) is 4.22. The van der Waals surface area contributed by atoms with Crippen LogP contribution >= 0.6 is 31.9 Å². The van der Waals surface area contributed by atoms with Gasteiger partial charge in [-0.15, -0.1) is 0 Å². The first-order valence-corrected chi connectivity index (χ1v) is 9.59. The Labute approximate surface area is 130 Å². The molecule has 1 fully saturated rings. The molecule has 0 aromatic carbocycles. The molecule has 0 atom stereocenters. The average molecular weight is 412 g/mol. The van der Waals surface area contributed by atoms with Crippen molar-refractivity contribution >= 4 is 41.9 Å². The van der Waals surface area contributed by atoms with E-state index in [2.05, 4.69) is 36.8 Å². The van der Waals surface area contributed by atoms with Crippen LogP contribution in [-0.2, 0) is 10.0 Å². The van der Waals surface area contributed by atoms with Crippen molar-refractivity contribution in [2.45, 2.75) is 36.6 Å². The molecule has 0 amide bonds. The normalized spacial score (nSPS) is 16.6. The van der Waals surface area contributed by atoms with E-state index in [9.17, 15) is 8.42 Å². The zero-order valence-electron chi connectivity index (χ0n) is 10.4. The Kier molecular flexibility index (Phi) is 5.39. The fourth-order valence-corrected chi connectivity index (χ4v) is 4.54. The molecule has 0 aliphatic heterocycles. The fraction of sp³-hybridized carbons (Fsp3) is 0.583. The Hall–Kier alpha value is 0.0200. The summed E-state index contributed by atoms with van der Waals surface area (Å²) in [6.07, 6.45) is 6.86. The smallest absolute Gasteiger partial charge is 0.244 e. The van der Waals surface area contributed by atoms with Gasteiger partial charge in [-0.25, -0.2) is 8.42 Å². The fourth-order valence-electron chi connectivity index (χ4n) is 2.06. The van der Waals surface area contributed by atoms with Gasteiger partial charge in [0.05, 0.1) is 0 Å². The quantitative estimate of drug-likeness (QED) is 0.675. The van der Waals surface area contributed by atoms with Crippen molar-refractivity contribution in [1.82, 2.24) is 9.29 Å². The molecule has 0 radical (unpaired) electrons. The molecule has 0 bridgehead atoms. The van der Waals surface area contributed by atoms with Crippen LogP contribution in [0.25, 0.3) is 0 Å². The molecule has 2 rings (SSSR count). The van der Waals surface area contributed by atoms with Crippen LogP contribution in [0.1, 0.15) is 25.7 Å². The second kappa shape index (κ2) is 6.65. The van der Waals surface area contributed by atoms with Crippen molar-refractivity contribution in [1.29, 1.82) is 0 Å². The zero-order chi connectivity index (χ0) is 13.9. The number of pyridine rings is 1. The minimum absolute atomic E-state index is 0.156. The molecule has 1 aromatic rings. The average Bonchev–Trinajstić information content (AvgIpc) is 2.31. The lowest BCUT2D eigenvalue weighted by Crippen LogP contribution is -2.44. The number of alkyl halides is 1. The first-order valence-electron chi connectivity index (χ1n) is 6.24. The van der Waals surface area contributed by atoms with Gasteiger partial charge in [-0.05, 0) is 41.3 Å². The number of halogens is 2. The molecule has 0 saturated heterocycles. The standard InChI is InChI=1S/C12H16Br2N2O2S/c13-5-2-6-16(11-3-1-4-11)19(17,18)12-7-10(14)8-15-9-12/h7-9,11H,1-6H2. The lowest BCUT2D eigenvalue weighted by Gasteiger charge is -2.36. The summed E-state index contributed by atoms with van der Waals surface area (Å²) < 4.78 is 27.7. The number of hydrogen-bond acceptors (Lipinski definition) is 3. The van der Waals surface area contributed by atoms with E-state index in [1.54, 1.807) is 16.6 Å². The van der Waals surface area contributed by atoms with E-state index >= 15 is 0 Å². The second-order valence-corrected chi connectivity index (χ2v) is 8.18. The van der Waals surface area contributed by atoms with Gasteiger partial charge in [0, 0.05) is 34.8 Å². The molecular formula is C12H16Br2N2O2S. The van der Waals surface area contributed by atoms with E-state index in [0.29, 0.717) is 11.0 Å². The van der Waals surface area contributed by atoms with Gasteiger partial charge < -0.3 is 0 Å². The van der Waals surface area contributed by atoms with Gasteiger partial charge in [0.25, 0.3) is 0 Å². The predicted molar refractivity (Wildman–Crippen MR) is 81.9 cm³/mol. The number of aromatic nitrogens is 1. The lowest BCUT2D eigenvalue weighted by atomic mass is 9.93. The Balaban J connectivity index is 2.27. The van der Waals surface area contributed by atoms with E-state index in [0.717, 1.165) is 31.0 Å². The molecule has 0 spiro atoms. The molecule has 1 aliphatic rings. The van der Waals surface area contributed by atoms with Crippen LogP contribution in [0.3, 0.4) is 0 Å². The van der Waals surface area contributed by atoms with Crippen LogP contribution in [0.5, 0.6) is 0 Å². The molecule has 0 unspecified atom stereocenters.